The van der Waals surface area contributed by atoms with Gasteiger partial charge in [-0.2, -0.15) is 12.6 Å². The third-order valence-corrected chi connectivity index (χ3v) is 4.43. The van der Waals surface area contributed by atoms with Crippen LogP contribution in [0.25, 0.3) is 0 Å². The number of carboxylic acid groups (broad SMARTS) is 1. The number of amides is 1. The highest BCUT2D eigenvalue weighted by Crippen LogP contribution is 2.32. The molecule has 0 radical (unpaired) electrons. The van der Waals surface area contributed by atoms with Gasteiger partial charge in [0, 0.05) is 17.9 Å². The fraction of sp³-hybridized carbons (Fsp3) is 0.750. The predicted molar refractivity (Wildman–Crippen MR) is 89.0 cm³/mol. The average Bonchev–Trinajstić information content (AvgIpc) is 2.76. The van der Waals surface area contributed by atoms with Crippen LogP contribution in [0, 0.1) is 5.92 Å². The van der Waals surface area contributed by atoms with E-state index in [1.807, 2.05) is 20.8 Å². The SMILES string of the molecule is CCCCC(C(=O)O)N1C(=O)C=C(C(C)S)C1CC(C)CO. The Labute approximate surface area is 137 Å². The monoisotopic (exact) mass is 329 g/mol. The van der Waals surface area contributed by atoms with Crippen molar-refractivity contribution >= 4 is 24.5 Å². The summed E-state index contributed by atoms with van der Waals surface area (Å²) in [4.78, 5) is 25.5. The van der Waals surface area contributed by atoms with Gasteiger partial charge in [-0.15, -0.1) is 0 Å². The Balaban J connectivity index is 3.07. The lowest BCUT2D eigenvalue weighted by molar-refractivity contribution is -0.149. The first-order valence-corrected chi connectivity index (χ1v) is 8.40. The fourth-order valence-corrected chi connectivity index (χ4v) is 3.13. The lowest BCUT2D eigenvalue weighted by atomic mass is 9.94. The molecule has 0 spiro atoms. The summed E-state index contributed by atoms with van der Waals surface area (Å²) in [5, 5.41) is 18.7. The molecule has 1 heterocycles. The van der Waals surface area contributed by atoms with E-state index in [0.717, 1.165) is 18.4 Å². The van der Waals surface area contributed by atoms with Crippen LogP contribution in [0.15, 0.2) is 11.6 Å². The third-order valence-electron chi connectivity index (χ3n) is 4.14. The van der Waals surface area contributed by atoms with Crippen LogP contribution >= 0.6 is 12.6 Å². The highest BCUT2D eigenvalue weighted by atomic mass is 32.1. The number of carbonyl (C=O) groups excluding carboxylic acids is 1. The molecule has 0 bridgehead atoms. The van der Waals surface area contributed by atoms with E-state index in [1.54, 1.807) is 0 Å². The summed E-state index contributed by atoms with van der Waals surface area (Å²) >= 11 is 4.42. The van der Waals surface area contributed by atoms with Crippen molar-refractivity contribution in [1.29, 1.82) is 0 Å². The van der Waals surface area contributed by atoms with E-state index in [2.05, 4.69) is 12.6 Å². The van der Waals surface area contributed by atoms with Gasteiger partial charge in [-0.25, -0.2) is 4.79 Å². The number of unbranched alkanes of at least 4 members (excludes halogenated alkanes) is 1. The molecule has 0 aromatic carbocycles. The van der Waals surface area contributed by atoms with Gasteiger partial charge in [0.05, 0.1) is 6.04 Å². The van der Waals surface area contributed by atoms with Crippen LogP contribution in [-0.4, -0.2) is 50.9 Å². The number of carbonyl (C=O) groups is 2. The van der Waals surface area contributed by atoms with Gasteiger partial charge >= 0.3 is 5.97 Å². The molecule has 22 heavy (non-hydrogen) atoms. The van der Waals surface area contributed by atoms with Crippen molar-refractivity contribution in [3.63, 3.8) is 0 Å². The summed E-state index contributed by atoms with van der Waals surface area (Å²) in [5.41, 5.74) is 0.844. The van der Waals surface area contributed by atoms with Gasteiger partial charge in [0.15, 0.2) is 0 Å². The molecule has 0 aromatic heterocycles. The first kappa shape index (κ1) is 19.0. The van der Waals surface area contributed by atoms with Crippen molar-refractivity contribution in [2.75, 3.05) is 6.61 Å². The first-order chi connectivity index (χ1) is 10.3. The fourth-order valence-electron chi connectivity index (χ4n) is 2.88. The minimum absolute atomic E-state index is 0.00509. The Hall–Kier alpha value is -1.01. The van der Waals surface area contributed by atoms with Crippen molar-refractivity contribution in [2.24, 2.45) is 5.92 Å². The van der Waals surface area contributed by atoms with E-state index in [9.17, 15) is 19.8 Å². The summed E-state index contributed by atoms with van der Waals surface area (Å²) in [5.74, 6) is -1.23. The molecule has 2 N–H and O–H groups in total. The molecule has 1 amide bonds. The molecule has 1 rings (SSSR count). The largest absolute Gasteiger partial charge is 0.480 e. The molecule has 0 saturated heterocycles. The molecule has 4 atom stereocenters. The Morgan fingerprint density at radius 1 is 1.45 bits per heavy atom. The number of thiol groups is 1. The number of carboxylic acids is 1. The van der Waals surface area contributed by atoms with Crippen molar-refractivity contribution in [1.82, 2.24) is 4.90 Å². The highest BCUT2D eigenvalue weighted by molar-refractivity contribution is 7.81. The van der Waals surface area contributed by atoms with Crippen LogP contribution < -0.4 is 0 Å². The summed E-state index contributed by atoms with van der Waals surface area (Å²) in [6.45, 7) is 5.78. The molecule has 126 valence electrons. The van der Waals surface area contributed by atoms with Crippen molar-refractivity contribution in [3.05, 3.63) is 11.6 Å². The highest BCUT2D eigenvalue weighted by Gasteiger charge is 2.41. The molecule has 0 saturated carbocycles. The van der Waals surface area contributed by atoms with Gasteiger partial charge in [-0.1, -0.05) is 26.7 Å². The van der Waals surface area contributed by atoms with Gasteiger partial charge < -0.3 is 15.1 Å². The standard InChI is InChI=1S/C16H27NO4S/c1-4-5-6-13(16(20)21)17-14(7-10(2)9-18)12(11(3)22)8-15(17)19/h8,10-11,13-14,18,22H,4-7,9H2,1-3H3,(H,20,21). The van der Waals surface area contributed by atoms with Gasteiger partial charge in [-0.3, -0.25) is 4.79 Å². The Kier molecular flexibility index (Phi) is 7.42. The molecule has 4 unspecified atom stereocenters. The predicted octanol–water partition coefficient (Wildman–Crippen LogP) is 2.10. The minimum atomic E-state index is -0.968. The topological polar surface area (TPSA) is 77.8 Å². The molecular formula is C16H27NO4S. The van der Waals surface area contributed by atoms with Crippen molar-refractivity contribution < 1.29 is 19.8 Å². The quantitative estimate of drug-likeness (QED) is 0.566. The van der Waals surface area contributed by atoms with Gasteiger partial charge in [-0.05, 0) is 31.3 Å². The zero-order chi connectivity index (χ0) is 16.9. The van der Waals surface area contributed by atoms with Crippen LogP contribution in [0.1, 0.15) is 46.5 Å². The van der Waals surface area contributed by atoms with Crippen molar-refractivity contribution in [2.45, 2.75) is 63.8 Å². The van der Waals surface area contributed by atoms with E-state index in [-0.39, 0.29) is 29.7 Å². The lowest BCUT2D eigenvalue weighted by Crippen LogP contribution is -2.48. The Morgan fingerprint density at radius 3 is 2.55 bits per heavy atom. The van der Waals surface area contributed by atoms with Crippen LogP contribution in [0.2, 0.25) is 0 Å². The van der Waals surface area contributed by atoms with Gasteiger partial charge in [0.2, 0.25) is 5.91 Å². The van der Waals surface area contributed by atoms with Crippen LogP contribution in [0.4, 0.5) is 0 Å². The molecule has 1 aliphatic rings. The lowest BCUT2D eigenvalue weighted by Gasteiger charge is -2.34. The normalized spacial score (nSPS) is 22.4. The molecule has 6 heteroatoms. The number of aliphatic hydroxyl groups excluding tert-OH is 1. The first-order valence-electron chi connectivity index (χ1n) is 7.88. The van der Waals surface area contributed by atoms with Gasteiger partial charge in [0.1, 0.15) is 6.04 Å². The van der Waals surface area contributed by atoms with E-state index >= 15 is 0 Å². The van der Waals surface area contributed by atoms with Gasteiger partial charge in [0.25, 0.3) is 0 Å². The maximum atomic E-state index is 12.4. The van der Waals surface area contributed by atoms with Crippen LogP contribution in [0.5, 0.6) is 0 Å². The molecule has 1 aliphatic heterocycles. The smallest absolute Gasteiger partial charge is 0.326 e. The summed E-state index contributed by atoms with van der Waals surface area (Å²) in [7, 11) is 0. The molecule has 0 aromatic rings. The third kappa shape index (κ3) is 4.49. The number of hydrogen-bond donors (Lipinski definition) is 3. The molecular weight excluding hydrogens is 302 g/mol. The van der Waals surface area contributed by atoms with E-state index in [4.69, 9.17) is 0 Å². The van der Waals surface area contributed by atoms with Crippen molar-refractivity contribution in [3.8, 4) is 0 Å². The summed E-state index contributed by atoms with van der Waals surface area (Å²) in [6, 6.07) is -1.11. The maximum absolute atomic E-state index is 12.4. The molecule has 0 fully saturated rings. The van der Waals surface area contributed by atoms with E-state index < -0.39 is 12.0 Å². The molecule has 5 nitrogen and oxygen atoms in total. The second-order valence-electron chi connectivity index (χ2n) is 6.10. The maximum Gasteiger partial charge on any atom is 0.326 e. The summed E-state index contributed by atoms with van der Waals surface area (Å²) < 4.78 is 0. The number of aliphatic carboxylic acids is 1. The number of nitrogens with zero attached hydrogens (tertiary/aromatic N) is 1. The van der Waals surface area contributed by atoms with E-state index in [0.29, 0.717) is 12.8 Å². The number of rotatable bonds is 9. The minimum Gasteiger partial charge on any atom is -0.480 e. The average molecular weight is 329 g/mol. The zero-order valence-electron chi connectivity index (χ0n) is 13.5. The van der Waals surface area contributed by atoms with Crippen LogP contribution in [-0.2, 0) is 9.59 Å². The number of hydrogen-bond acceptors (Lipinski definition) is 4. The van der Waals surface area contributed by atoms with Crippen LogP contribution in [0.3, 0.4) is 0 Å². The summed E-state index contributed by atoms with van der Waals surface area (Å²) in [6.07, 6.45) is 4.16. The Morgan fingerprint density at radius 2 is 2.09 bits per heavy atom. The second kappa shape index (κ2) is 8.58. The zero-order valence-corrected chi connectivity index (χ0v) is 14.4. The Bertz CT molecular complexity index is 436. The second-order valence-corrected chi connectivity index (χ2v) is 6.88. The van der Waals surface area contributed by atoms with E-state index in [1.165, 1.54) is 11.0 Å². The molecule has 0 aliphatic carbocycles. The number of aliphatic hydroxyl groups is 1.